The summed E-state index contributed by atoms with van der Waals surface area (Å²) in [5.74, 6) is 0.847. The topological polar surface area (TPSA) is 35.5 Å². The van der Waals surface area contributed by atoms with Gasteiger partial charge in [-0.1, -0.05) is 130 Å². The van der Waals surface area contributed by atoms with Crippen LogP contribution in [0.25, 0.3) is 0 Å². The maximum absolute atomic E-state index is 11.8. The van der Waals surface area contributed by atoms with Gasteiger partial charge >= 0.3 is 6.16 Å². The second-order valence-corrected chi connectivity index (χ2v) is 9.61. The molecule has 0 saturated carbocycles. The van der Waals surface area contributed by atoms with Gasteiger partial charge < -0.3 is 9.47 Å². The molecule has 0 aromatic heterocycles. The smallest absolute Gasteiger partial charge is 0.434 e. The van der Waals surface area contributed by atoms with Crippen LogP contribution in [0.15, 0.2) is 0 Å². The van der Waals surface area contributed by atoms with Crippen LogP contribution >= 0.6 is 0 Å². The Kier molecular flexibility index (Phi) is 22.4. The molecule has 3 heteroatoms. The monoisotopic (exact) mass is 426 g/mol. The average Bonchev–Trinajstić information content (AvgIpc) is 2.74. The van der Waals surface area contributed by atoms with Gasteiger partial charge in [-0.05, 0) is 24.7 Å². The first-order valence-electron chi connectivity index (χ1n) is 13.4. The second kappa shape index (κ2) is 22.9. The van der Waals surface area contributed by atoms with Crippen LogP contribution in [0, 0.1) is 11.8 Å². The van der Waals surface area contributed by atoms with Crippen molar-refractivity contribution >= 4 is 6.16 Å². The number of ether oxygens (including phenoxy) is 2. The standard InChI is InChI=1S/C27H54O3/c1-5-7-9-11-13-15-17-19-21-25(3)23-29-27(28)30-24-26(4)22-20-18-16-14-12-10-8-6-2/h25-26H,5-24H2,1-4H3. The predicted molar refractivity (Wildman–Crippen MR) is 130 cm³/mol. The SMILES string of the molecule is CCCCCCCCCCC(C)COC(=O)OCC(C)CCCCCCCCCC. The van der Waals surface area contributed by atoms with E-state index in [-0.39, 0.29) is 0 Å². The second-order valence-electron chi connectivity index (χ2n) is 9.61. The van der Waals surface area contributed by atoms with E-state index in [1.54, 1.807) is 0 Å². The van der Waals surface area contributed by atoms with Crippen molar-refractivity contribution in [3.8, 4) is 0 Å². The van der Waals surface area contributed by atoms with Crippen LogP contribution in [-0.4, -0.2) is 19.4 Å². The molecule has 3 nitrogen and oxygen atoms in total. The van der Waals surface area contributed by atoms with E-state index in [0.717, 1.165) is 12.8 Å². The average molecular weight is 427 g/mol. The number of hydrogen-bond acceptors (Lipinski definition) is 3. The summed E-state index contributed by atoms with van der Waals surface area (Å²) >= 11 is 0. The summed E-state index contributed by atoms with van der Waals surface area (Å²) in [6.45, 7) is 9.83. The molecule has 0 rings (SSSR count). The van der Waals surface area contributed by atoms with E-state index in [2.05, 4.69) is 27.7 Å². The summed E-state index contributed by atoms with van der Waals surface area (Å²) in [6, 6.07) is 0. The molecule has 0 bridgehead atoms. The van der Waals surface area contributed by atoms with Gasteiger partial charge in [-0.2, -0.15) is 0 Å². The highest BCUT2D eigenvalue weighted by atomic mass is 16.7. The van der Waals surface area contributed by atoms with E-state index in [0.29, 0.717) is 25.0 Å². The van der Waals surface area contributed by atoms with Crippen LogP contribution in [0.5, 0.6) is 0 Å². The van der Waals surface area contributed by atoms with Crippen molar-refractivity contribution < 1.29 is 14.3 Å². The van der Waals surface area contributed by atoms with Crippen LogP contribution in [0.3, 0.4) is 0 Å². The molecule has 0 aliphatic carbocycles. The summed E-state index contributed by atoms with van der Waals surface area (Å²) in [7, 11) is 0. The van der Waals surface area contributed by atoms with Gasteiger partial charge in [0.15, 0.2) is 0 Å². The minimum absolute atomic E-state index is 0.424. The maximum Gasteiger partial charge on any atom is 0.508 e. The predicted octanol–water partition coefficient (Wildman–Crippen LogP) is 9.47. The van der Waals surface area contributed by atoms with Gasteiger partial charge in [-0.25, -0.2) is 4.79 Å². The van der Waals surface area contributed by atoms with Gasteiger partial charge in [0, 0.05) is 0 Å². The molecule has 180 valence electrons. The molecular formula is C27H54O3. The fourth-order valence-corrected chi connectivity index (χ4v) is 3.88. The van der Waals surface area contributed by atoms with Crippen molar-refractivity contribution in [2.75, 3.05) is 13.2 Å². The fourth-order valence-electron chi connectivity index (χ4n) is 3.88. The lowest BCUT2D eigenvalue weighted by atomic mass is 10.0. The normalized spacial score (nSPS) is 13.2. The van der Waals surface area contributed by atoms with Crippen LogP contribution in [0.1, 0.15) is 143 Å². The summed E-state index contributed by atoms with van der Waals surface area (Å²) in [5.41, 5.74) is 0. The van der Waals surface area contributed by atoms with E-state index >= 15 is 0 Å². The highest BCUT2D eigenvalue weighted by Crippen LogP contribution is 2.15. The van der Waals surface area contributed by atoms with Crippen LogP contribution < -0.4 is 0 Å². The molecule has 0 radical (unpaired) electrons. The molecule has 0 amide bonds. The summed E-state index contributed by atoms with van der Waals surface area (Å²) in [5, 5.41) is 0. The fraction of sp³-hybridized carbons (Fsp3) is 0.963. The Morgan fingerprint density at radius 3 is 1.17 bits per heavy atom. The minimum atomic E-state index is -0.486. The zero-order valence-corrected chi connectivity index (χ0v) is 21.0. The van der Waals surface area contributed by atoms with E-state index < -0.39 is 6.16 Å². The quantitative estimate of drug-likeness (QED) is 0.128. The molecule has 0 aliphatic heterocycles. The molecular weight excluding hydrogens is 372 g/mol. The van der Waals surface area contributed by atoms with Gasteiger partial charge in [0.25, 0.3) is 0 Å². The number of rotatable bonds is 22. The van der Waals surface area contributed by atoms with E-state index in [1.807, 2.05) is 0 Å². The van der Waals surface area contributed by atoms with E-state index in [4.69, 9.17) is 9.47 Å². The van der Waals surface area contributed by atoms with E-state index in [9.17, 15) is 4.79 Å². The van der Waals surface area contributed by atoms with Crippen LogP contribution in [0.2, 0.25) is 0 Å². The van der Waals surface area contributed by atoms with Crippen LogP contribution in [0.4, 0.5) is 4.79 Å². The number of carbonyl (C=O) groups excluding carboxylic acids is 1. The van der Waals surface area contributed by atoms with Gasteiger partial charge in [0.05, 0.1) is 13.2 Å². The zero-order valence-electron chi connectivity index (χ0n) is 21.0. The number of hydrogen-bond donors (Lipinski definition) is 0. The van der Waals surface area contributed by atoms with Crippen LogP contribution in [-0.2, 0) is 9.47 Å². The van der Waals surface area contributed by atoms with Gasteiger partial charge in [0.2, 0.25) is 0 Å². The Balaban J connectivity index is 3.45. The van der Waals surface area contributed by atoms with Gasteiger partial charge in [-0.3, -0.25) is 0 Å². The van der Waals surface area contributed by atoms with Gasteiger partial charge in [-0.15, -0.1) is 0 Å². The molecule has 0 aromatic rings. The lowest BCUT2D eigenvalue weighted by Gasteiger charge is -2.14. The minimum Gasteiger partial charge on any atom is -0.434 e. The first-order chi connectivity index (χ1) is 14.6. The highest BCUT2D eigenvalue weighted by molar-refractivity contribution is 5.59. The Morgan fingerprint density at radius 1 is 0.533 bits per heavy atom. The third-order valence-corrected chi connectivity index (χ3v) is 6.07. The van der Waals surface area contributed by atoms with Crippen molar-refractivity contribution in [1.29, 1.82) is 0 Å². The molecule has 0 spiro atoms. The number of unbranched alkanes of at least 4 members (excludes halogenated alkanes) is 14. The molecule has 2 atom stereocenters. The van der Waals surface area contributed by atoms with Gasteiger partial charge in [0.1, 0.15) is 0 Å². The number of carbonyl (C=O) groups is 1. The molecule has 30 heavy (non-hydrogen) atoms. The molecule has 0 fully saturated rings. The van der Waals surface area contributed by atoms with Crippen molar-refractivity contribution in [2.45, 2.75) is 143 Å². The summed E-state index contributed by atoms with van der Waals surface area (Å²) in [6.07, 6.45) is 23.2. The highest BCUT2D eigenvalue weighted by Gasteiger charge is 2.11. The Morgan fingerprint density at radius 2 is 0.833 bits per heavy atom. The first-order valence-corrected chi connectivity index (χ1v) is 13.4. The molecule has 0 N–H and O–H groups in total. The zero-order chi connectivity index (χ0) is 22.3. The third-order valence-electron chi connectivity index (χ3n) is 6.07. The summed E-state index contributed by atoms with van der Waals surface area (Å²) in [4.78, 5) is 11.8. The Labute approximate surface area is 189 Å². The maximum atomic E-state index is 11.8. The Hall–Kier alpha value is -0.730. The van der Waals surface area contributed by atoms with E-state index in [1.165, 1.54) is 103 Å². The lowest BCUT2D eigenvalue weighted by Crippen LogP contribution is -2.16. The molecule has 2 unspecified atom stereocenters. The van der Waals surface area contributed by atoms with Crippen molar-refractivity contribution in [2.24, 2.45) is 11.8 Å². The summed E-state index contributed by atoms with van der Waals surface area (Å²) < 4.78 is 10.6. The largest absolute Gasteiger partial charge is 0.508 e. The molecule has 0 heterocycles. The molecule has 0 aromatic carbocycles. The molecule has 0 saturated heterocycles. The van der Waals surface area contributed by atoms with Crippen molar-refractivity contribution in [1.82, 2.24) is 0 Å². The third kappa shape index (κ3) is 22.0. The van der Waals surface area contributed by atoms with Crippen molar-refractivity contribution in [3.05, 3.63) is 0 Å². The van der Waals surface area contributed by atoms with Crippen molar-refractivity contribution in [3.63, 3.8) is 0 Å². The first kappa shape index (κ1) is 29.3. The molecule has 0 aliphatic rings. The Bertz CT molecular complexity index is 324. The lowest BCUT2D eigenvalue weighted by molar-refractivity contribution is 0.0356.